The van der Waals surface area contributed by atoms with Crippen molar-refractivity contribution in [3.05, 3.63) is 16.9 Å². The van der Waals surface area contributed by atoms with Crippen LogP contribution < -0.4 is 5.32 Å². The van der Waals surface area contributed by atoms with E-state index in [9.17, 15) is 9.90 Å². The van der Waals surface area contributed by atoms with E-state index in [1.165, 1.54) is 4.68 Å². The lowest BCUT2D eigenvalue weighted by molar-refractivity contribution is -0.186. The van der Waals surface area contributed by atoms with Crippen molar-refractivity contribution >= 4 is 24.0 Å². The van der Waals surface area contributed by atoms with Crippen LogP contribution in [0.4, 0.5) is 0 Å². The molecule has 2 atom stereocenters. The summed E-state index contributed by atoms with van der Waals surface area (Å²) in [5.41, 5.74) is -1.29. The van der Waals surface area contributed by atoms with Crippen molar-refractivity contribution in [3.8, 4) is 0 Å². The molecule has 30 heavy (non-hydrogen) atoms. The second-order valence-electron chi connectivity index (χ2n) is 8.08. The maximum Gasteiger partial charge on any atom is 0.290 e. The number of carbonyl (C=O) groups excluding carboxylic acids is 1. The van der Waals surface area contributed by atoms with Gasteiger partial charge in [-0.25, -0.2) is 0 Å². The van der Waals surface area contributed by atoms with Crippen LogP contribution in [0.1, 0.15) is 43.1 Å². The van der Waals surface area contributed by atoms with Crippen LogP contribution in [0.2, 0.25) is 5.02 Å². The third-order valence-corrected chi connectivity index (χ3v) is 5.97. The summed E-state index contributed by atoms with van der Waals surface area (Å²) < 4.78 is 7.65. The van der Waals surface area contributed by atoms with E-state index in [0.29, 0.717) is 6.42 Å². The maximum absolute atomic E-state index is 12.5. The van der Waals surface area contributed by atoms with Gasteiger partial charge in [-0.3, -0.25) is 14.3 Å². The van der Waals surface area contributed by atoms with Gasteiger partial charge >= 0.3 is 0 Å². The Labute approximate surface area is 180 Å². The van der Waals surface area contributed by atoms with Gasteiger partial charge in [0.2, 0.25) is 0 Å². The zero-order valence-electron chi connectivity index (χ0n) is 17.4. The number of nitrogens with one attached hydrogen (secondary N) is 1. The van der Waals surface area contributed by atoms with Crippen molar-refractivity contribution in [2.75, 3.05) is 32.8 Å². The third kappa shape index (κ3) is 6.14. The van der Waals surface area contributed by atoms with Gasteiger partial charge in [0.25, 0.3) is 12.4 Å². The number of hydrogen-bond donors (Lipinski definition) is 4. The van der Waals surface area contributed by atoms with E-state index < -0.39 is 17.6 Å². The van der Waals surface area contributed by atoms with Crippen molar-refractivity contribution in [2.24, 2.45) is 7.05 Å². The highest BCUT2D eigenvalue weighted by Crippen LogP contribution is 2.39. The number of aliphatic hydroxyl groups excluding tert-OH is 1. The lowest BCUT2D eigenvalue weighted by Crippen LogP contribution is -2.64. The number of halogens is 1. The van der Waals surface area contributed by atoms with Gasteiger partial charge in [-0.2, -0.15) is 5.10 Å². The number of amides is 1. The molecule has 2 fully saturated rings. The molecule has 0 bridgehead atoms. The third-order valence-electron chi connectivity index (χ3n) is 5.69. The number of aryl methyl sites for hydroxylation is 1. The molecule has 1 aromatic rings. The minimum absolute atomic E-state index is 0.146. The number of rotatable bonds is 5. The van der Waals surface area contributed by atoms with Gasteiger partial charge in [-0.15, -0.1) is 0 Å². The van der Waals surface area contributed by atoms with Crippen LogP contribution in [0.5, 0.6) is 0 Å². The molecule has 3 rings (SSSR count). The van der Waals surface area contributed by atoms with Gasteiger partial charge in [0.1, 0.15) is 0 Å². The lowest BCUT2D eigenvalue weighted by Gasteiger charge is -2.51. The summed E-state index contributed by atoms with van der Waals surface area (Å²) in [6.07, 6.45) is 4.47. The molecule has 0 aliphatic carbocycles. The Kier molecular flexibility index (Phi) is 8.62. The molecule has 4 N–H and O–H groups in total. The summed E-state index contributed by atoms with van der Waals surface area (Å²) in [6, 6.07) is -0.527. The number of ether oxygens (including phenoxy) is 1. The zero-order chi connectivity index (χ0) is 22.4. The first-order chi connectivity index (χ1) is 14.2. The van der Waals surface area contributed by atoms with E-state index in [0.717, 1.165) is 38.9 Å². The molecule has 0 radical (unpaired) electrons. The predicted molar refractivity (Wildman–Crippen MR) is 109 cm³/mol. The monoisotopic (exact) mass is 446 g/mol. The smallest absolute Gasteiger partial charge is 0.290 e. The first-order valence-corrected chi connectivity index (χ1v) is 10.3. The fraction of sp³-hybridized carbons (Fsp3) is 0.737. The Hall–Kier alpha value is -1.72. The van der Waals surface area contributed by atoms with Crippen LogP contribution >= 0.6 is 11.6 Å². The summed E-state index contributed by atoms with van der Waals surface area (Å²) in [4.78, 5) is 23.2. The molecular formula is C19H31ClN4O6. The second kappa shape index (κ2) is 10.5. The van der Waals surface area contributed by atoms with Gasteiger partial charge in [0, 0.05) is 45.9 Å². The summed E-state index contributed by atoms with van der Waals surface area (Å²) in [5.74, 6) is -0.413. The maximum atomic E-state index is 12.5. The molecule has 11 heteroatoms. The Bertz CT molecular complexity index is 718. The van der Waals surface area contributed by atoms with Crippen molar-refractivity contribution in [3.63, 3.8) is 0 Å². The van der Waals surface area contributed by atoms with Gasteiger partial charge in [-0.05, 0) is 26.2 Å². The van der Waals surface area contributed by atoms with E-state index in [1.807, 2.05) is 0 Å². The summed E-state index contributed by atoms with van der Waals surface area (Å²) >= 11 is 6.04. The van der Waals surface area contributed by atoms with Crippen LogP contribution in [0.15, 0.2) is 6.20 Å². The molecular weight excluding hydrogens is 416 g/mol. The molecule has 2 aliphatic heterocycles. The van der Waals surface area contributed by atoms with E-state index in [2.05, 4.69) is 15.3 Å². The van der Waals surface area contributed by atoms with E-state index >= 15 is 0 Å². The zero-order valence-corrected chi connectivity index (χ0v) is 18.1. The molecule has 2 aliphatic rings. The predicted octanol–water partition coefficient (Wildman–Crippen LogP) is 0.261. The topological polar surface area (TPSA) is 137 Å². The summed E-state index contributed by atoms with van der Waals surface area (Å²) in [6.45, 7) is 4.61. The molecule has 3 heterocycles. The Morgan fingerprint density at radius 2 is 2.10 bits per heavy atom. The Morgan fingerprint density at radius 3 is 2.60 bits per heavy atom. The fourth-order valence-electron chi connectivity index (χ4n) is 4.10. The highest BCUT2D eigenvalue weighted by atomic mass is 35.5. The number of hydrogen-bond acceptors (Lipinski definition) is 7. The van der Waals surface area contributed by atoms with Crippen LogP contribution in [-0.2, 0) is 16.6 Å². The standard InChI is InChI=1S/C18H29ClN4O4.CH2O2/c1-17(26)12-18(4-7-23(8-5-18)6-3-9-24)27-11-14(17)20-16(25)15-13(19)10-22(2)21-15;2-1-3/h10,14,24,26H,3-9,11-12H2,1-2H3,(H,20,25);1H,(H,2,3)/t14-,17-;/m0./s1. The minimum Gasteiger partial charge on any atom is -0.483 e. The molecule has 170 valence electrons. The molecule has 1 aromatic heterocycles. The van der Waals surface area contributed by atoms with Crippen LogP contribution in [0, 0.1) is 0 Å². The highest BCUT2D eigenvalue weighted by molar-refractivity contribution is 6.33. The number of aromatic nitrogens is 2. The molecule has 1 amide bonds. The Morgan fingerprint density at radius 1 is 1.47 bits per heavy atom. The van der Waals surface area contributed by atoms with E-state index in [4.69, 9.17) is 31.3 Å². The van der Waals surface area contributed by atoms with Crippen LogP contribution in [0.3, 0.4) is 0 Å². The van der Waals surface area contributed by atoms with Gasteiger partial charge in [-0.1, -0.05) is 11.6 Å². The van der Waals surface area contributed by atoms with Crippen LogP contribution in [0.25, 0.3) is 0 Å². The first-order valence-electron chi connectivity index (χ1n) is 9.94. The lowest BCUT2D eigenvalue weighted by atomic mass is 9.75. The number of aliphatic hydroxyl groups is 2. The van der Waals surface area contributed by atoms with Gasteiger partial charge < -0.3 is 30.3 Å². The average molecular weight is 447 g/mol. The van der Waals surface area contributed by atoms with Crippen molar-refractivity contribution < 1.29 is 29.6 Å². The molecule has 0 saturated carbocycles. The Balaban J connectivity index is 0.00000101. The molecule has 10 nitrogen and oxygen atoms in total. The highest BCUT2D eigenvalue weighted by Gasteiger charge is 2.49. The number of carboxylic acid groups (broad SMARTS) is 1. The molecule has 1 spiro atoms. The quantitative estimate of drug-likeness (QED) is 0.473. The van der Waals surface area contributed by atoms with Crippen molar-refractivity contribution in [1.29, 1.82) is 0 Å². The molecule has 0 unspecified atom stereocenters. The van der Waals surface area contributed by atoms with Gasteiger partial charge in [0.05, 0.1) is 28.9 Å². The summed E-state index contributed by atoms with van der Waals surface area (Å²) in [7, 11) is 1.69. The SMILES string of the molecule is Cn1cc(Cl)c(C(=O)N[C@H]2COC3(CCN(CCCO)CC3)C[C@]2(C)O)n1.O=CO. The van der Waals surface area contributed by atoms with Crippen molar-refractivity contribution in [1.82, 2.24) is 20.0 Å². The number of likely N-dealkylation sites (tertiary alicyclic amines) is 1. The summed E-state index contributed by atoms with van der Waals surface area (Å²) in [5, 5.41) is 34.1. The normalized spacial score (nSPS) is 26.0. The van der Waals surface area contributed by atoms with E-state index in [1.54, 1.807) is 20.2 Å². The molecule has 2 saturated heterocycles. The first kappa shape index (κ1) is 24.5. The fourth-order valence-corrected chi connectivity index (χ4v) is 4.37. The van der Waals surface area contributed by atoms with Gasteiger partial charge in [0.15, 0.2) is 5.69 Å². The number of piperidine rings is 1. The van der Waals surface area contributed by atoms with Crippen molar-refractivity contribution in [2.45, 2.75) is 49.9 Å². The minimum atomic E-state index is -1.08. The number of carbonyl (C=O) groups is 2. The average Bonchev–Trinajstić information content (AvgIpc) is 3.02. The number of nitrogens with zero attached hydrogens (tertiary/aromatic N) is 3. The van der Waals surface area contributed by atoms with Crippen LogP contribution in [-0.4, -0.2) is 92.5 Å². The molecule has 0 aromatic carbocycles. The second-order valence-corrected chi connectivity index (χ2v) is 8.48. The largest absolute Gasteiger partial charge is 0.483 e. The van der Waals surface area contributed by atoms with E-state index in [-0.39, 0.29) is 36.0 Å².